The van der Waals surface area contributed by atoms with Crippen LogP contribution in [0.15, 0.2) is 0 Å². The van der Waals surface area contributed by atoms with Crippen LogP contribution >= 0.6 is 0 Å². The average Bonchev–Trinajstić information content (AvgIpc) is 1.82. The van der Waals surface area contributed by atoms with Crippen molar-refractivity contribution in [1.29, 1.82) is 0 Å². The van der Waals surface area contributed by atoms with Gasteiger partial charge in [-0.25, -0.2) is 8.42 Å². The Morgan fingerprint density at radius 1 is 1.15 bits per heavy atom. The van der Waals surface area contributed by atoms with Gasteiger partial charge < -0.3 is 0 Å². The molecule has 0 saturated heterocycles. The summed E-state index contributed by atoms with van der Waals surface area (Å²) in [7, 11) is -2.82. The summed E-state index contributed by atoms with van der Waals surface area (Å²) in [4.78, 5) is 0. The Labute approximate surface area is 82.6 Å². The molecule has 80 valence electrons. The number of hydrogen-bond acceptors (Lipinski definition) is 2. The molecular formula is C10H22O2S. The molecule has 0 amide bonds. The third kappa shape index (κ3) is 6.08. The Balaban J connectivity index is 3.92. The maximum atomic E-state index is 11.4. The molecule has 0 aliphatic rings. The molecule has 13 heavy (non-hydrogen) atoms. The van der Waals surface area contributed by atoms with Gasteiger partial charge in [0, 0.05) is 0 Å². The number of sulfone groups is 1. The molecule has 0 spiro atoms. The predicted molar refractivity (Wildman–Crippen MR) is 57.6 cm³/mol. The van der Waals surface area contributed by atoms with E-state index in [0.29, 0.717) is 5.75 Å². The molecule has 0 bridgehead atoms. The maximum absolute atomic E-state index is 11.4. The Hall–Kier alpha value is -0.0500. The van der Waals surface area contributed by atoms with E-state index in [1.54, 1.807) is 13.8 Å². The van der Waals surface area contributed by atoms with Gasteiger partial charge in [0.25, 0.3) is 0 Å². The molecule has 0 fully saturated rings. The second-order valence-electron chi connectivity index (χ2n) is 5.08. The zero-order chi connectivity index (χ0) is 10.7. The van der Waals surface area contributed by atoms with Crippen LogP contribution in [0.2, 0.25) is 0 Å². The van der Waals surface area contributed by atoms with Gasteiger partial charge in [0.2, 0.25) is 0 Å². The van der Waals surface area contributed by atoms with E-state index in [1.165, 1.54) is 0 Å². The van der Waals surface area contributed by atoms with Crippen molar-refractivity contribution in [3.63, 3.8) is 0 Å². The van der Waals surface area contributed by atoms with Crippen molar-refractivity contribution in [2.75, 3.05) is 5.75 Å². The average molecular weight is 206 g/mol. The lowest BCUT2D eigenvalue weighted by molar-refractivity contribution is 0.373. The maximum Gasteiger partial charge on any atom is 0.152 e. The molecule has 0 aromatic rings. The molecule has 0 aliphatic carbocycles. The van der Waals surface area contributed by atoms with Gasteiger partial charge >= 0.3 is 0 Å². The van der Waals surface area contributed by atoms with Crippen molar-refractivity contribution in [2.24, 2.45) is 5.41 Å². The highest BCUT2D eigenvalue weighted by atomic mass is 32.2. The first-order valence-electron chi connectivity index (χ1n) is 4.87. The number of hydrogen-bond donors (Lipinski definition) is 0. The Bertz CT molecular complexity index is 232. The van der Waals surface area contributed by atoms with Gasteiger partial charge in [-0.3, -0.25) is 0 Å². The summed E-state index contributed by atoms with van der Waals surface area (Å²) in [5.74, 6) is 0.335. The first kappa shape index (κ1) is 12.9. The summed E-state index contributed by atoms with van der Waals surface area (Å²) in [6.45, 7) is 9.89. The van der Waals surface area contributed by atoms with Crippen LogP contribution < -0.4 is 0 Å². The molecule has 0 atom stereocenters. The predicted octanol–water partition coefficient (Wildman–Crippen LogP) is 2.64. The van der Waals surface area contributed by atoms with Gasteiger partial charge in [-0.15, -0.1) is 0 Å². The summed E-state index contributed by atoms with van der Waals surface area (Å²) in [5.41, 5.74) is 0.243. The van der Waals surface area contributed by atoms with Crippen molar-refractivity contribution in [3.8, 4) is 0 Å². The molecule has 0 unspecified atom stereocenters. The highest BCUT2D eigenvalue weighted by molar-refractivity contribution is 7.91. The molecule has 0 aliphatic heterocycles. The minimum absolute atomic E-state index is 0.229. The fourth-order valence-electron chi connectivity index (χ4n) is 1.04. The van der Waals surface area contributed by atoms with Gasteiger partial charge in [-0.1, -0.05) is 20.8 Å². The van der Waals surface area contributed by atoms with Crippen LogP contribution in [0.4, 0.5) is 0 Å². The molecular weight excluding hydrogens is 184 g/mol. The monoisotopic (exact) mass is 206 g/mol. The van der Waals surface area contributed by atoms with Crippen LogP contribution in [0.5, 0.6) is 0 Å². The van der Waals surface area contributed by atoms with Crippen LogP contribution in [-0.2, 0) is 9.84 Å². The summed E-state index contributed by atoms with van der Waals surface area (Å²) >= 11 is 0. The second-order valence-corrected chi connectivity index (χ2v) is 7.76. The Morgan fingerprint density at radius 2 is 1.62 bits per heavy atom. The molecule has 2 nitrogen and oxygen atoms in total. The molecule has 0 radical (unpaired) electrons. The lowest BCUT2D eigenvalue weighted by Crippen LogP contribution is -2.19. The lowest BCUT2D eigenvalue weighted by atomic mass is 9.91. The quantitative estimate of drug-likeness (QED) is 0.708. The van der Waals surface area contributed by atoms with Crippen LogP contribution in [-0.4, -0.2) is 19.4 Å². The van der Waals surface area contributed by atoms with Gasteiger partial charge in [0.1, 0.15) is 0 Å². The molecule has 0 saturated carbocycles. The lowest BCUT2D eigenvalue weighted by Gasteiger charge is -2.18. The zero-order valence-corrected chi connectivity index (χ0v) is 10.2. The largest absolute Gasteiger partial charge is 0.229 e. The van der Waals surface area contributed by atoms with Gasteiger partial charge in [-0.2, -0.15) is 0 Å². The zero-order valence-electron chi connectivity index (χ0n) is 9.42. The van der Waals surface area contributed by atoms with Crippen molar-refractivity contribution in [2.45, 2.75) is 52.7 Å². The standard InChI is InChI=1S/C10H22O2S/c1-9(2)13(11,12)8-6-7-10(3,4)5/h9H,6-8H2,1-5H3. The second kappa shape index (κ2) is 4.45. The minimum Gasteiger partial charge on any atom is -0.229 e. The van der Waals surface area contributed by atoms with E-state index in [1.807, 2.05) is 0 Å². The van der Waals surface area contributed by atoms with E-state index >= 15 is 0 Å². The third-order valence-electron chi connectivity index (χ3n) is 2.07. The van der Waals surface area contributed by atoms with Crippen LogP contribution in [0.25, 0.3) is 0 Å². The normalized spacial score (nSPS) is 13.7. The third-order valence-corrected chi connectivity index (χ3v) is 4.37. The first-order valence-corrected chi connectivity index (χ1v) is 6.58. The van der Waals surface area contributed by atoms with Crippen LogP contribution in [0.1, 0.15) is 47.5 Å². The highest BCUT2D eigenvalue weighted by Gasteiger charge is 2.17. The van der Waals surface area contributed by atoms with E-state index in [-0.39, 0.29) is 10.7 Å². The SMILES string of the molecule is CC(C)S(=O)(=O)CCCC(C)(C)C. The molecule has 3 heteroatoms. The molecule has 0 heterocycles. The van der Waals surface area contributed by atoms with Crippen molar-refractivity contribution in [3.05, 3.63) is 0 Å². The Kier molecular flexibility index (Phi) is 4.43. The minimum atomic E-state index is -2.82. The van der Waals surface area contributed by atoms with E-state index in [9.17, 15) is 8.42 Å². The van der Waals surface area contributed by atoms with Gasteiger partial charge in [0.15, 0.2) is 9.84 Å². The summed E-state index contributed by atoms with van der Waals surface area (Å²) in [6, 6.07) is 0. The fraction of sp³-hybridized carbons (Fsp3) is 1.00. The van der Waals surface area contributed by atoms with Crippen LogP contribution in [0.3, 0.4) is 0 Å². The van der Waals surface area contributed by atoms with Crippen molar-refractivity contribution < 1.29 is 8.42 Å². The van der Waals surface area contributed by atoms with Gasteiger partial charge in [-0.05, 0) is 32.1 Å². The Morgan fingerprint density at radius 3 is 1.92 bits per heavy atom. The summed E-state index contributed by atoms with van der Waals surface area (Å²) < 4.78 is 22.8. The van der Waals surface area contributed by atoms with E-state index in [4.69, 9.17) is 0 Å². The molecule has 0 rings (SSSR count). The summed E-state index contributed by atoms with van der Waals surface area (Å²) in [5, 5.41) is -0.229. The topological polar surface area (TPSA) is 34.1 Å². The van der Waals surface area contributed by atoms with E-state index < -0.39 is 9.84 Å². The smallest absolute Gasteiger partial charge is 0.152 e. The van der Waals surface area contributed by atoms with E-state index in [2.05, 4.69) is 20.8 Å². The van der Waals surface area contributed by atoms with E-state index in [0.717, 1.165) is 12.8 Å². The van der Waals surface area contributed by atoms with Crippen molar-refractivity contribution in [1.82, 2.24) is 0 Å². The molecule has 0 aromatic carbocycles. The molecule has 0 N–H and O–H groups in total. The van der Waals surface area contributed by atoms with Crippen molar-refractivity contribution >= 4 is 9.84 Å². The highest BCUT2D eigenvalue weighted by Crippen LogP contribution is 2.21. The number of rotatable bonds is 4. The van der Waals surface area contributed by atoms with Crippen LogP contribution in [0, 0.1) is 5.41 Å². The molecule has 0 aromatic heterocycles. The summed E-state index contributed by atoms with van der Waals surface area (Å²) in [6.07, 6.45) is 1.75. The first-order chi connectivity index (χ1) is 5.65. The van der Waals surface area contributed by atoms with Gasteiger partial charge in [0.05, 0.1) is 11.0 Å². The fourth-order valence-corrected chi connectivity index (χ4v) is 2.06.